The average Bonchev–Trinajstić information content (AvgIpc) is 3.55. The molecule has 13 heteroatoms. The van der Waals surface area contributed by atoms with Crippen LogP contribution in [0.1, 0.15) is 31.2 Å². The van der Waals surface area contributed by atoms with Crippen LogP contribution in [0.25, 0.3) is 17.4 Å². The number of hydrogen-bond donors (Lipinski definition) is 0. The SMILES string of the molecule is CCOC(=O)C1=C(C)N=c2s/c(=C/c3ccc(-c4ccc([N+](=O)[O-])cc4Br)o3)c(=O)n2[C@@H]1c1cc(OC)ccc1OC. The molecule has 11 nitrogen and oxygen atoms in total. The number of non-ortho nitro benzene ring substituents is 1. The van der Waals surface area contributed by atoms with Gasteiger partial charge in [0.1, 0.15) is 29.1 Å². The molecule has 1 aliphatic heterocycles. The molecule has 216 valence electrons. The number of hydrogen-bond acceptors (Lipinski definition) is 10. The molecule has 0 aliphatic carbocycles. The number of allylic oxidation sites excluding steroid dienone is 1. The van der Waals surface area contributed by atoms with E-state index in [9.17, 15) is 19.7 Å². The second kappa shape index (κ2) is 11.8. The standard InChI is InChI=1S/C29H24BrN3O8S/c1-5-40-28(35)25-15(2)31-29-32(26(25)20-13-17(38-3)7-10-22(20)39-4)27(34)24(42-29)14-18-8-11-23(41-18)19-9-6-16(33(36)37)12-21(19)30/h6-14,26H,5H2,1-4H3/b24-14+/t26-/m1/s1. The fraction of sp³-hybridized carbons (Fsp3) is 0.207. The molecule has 42 heavy (non-hydrogen) atoms. The molecule has 0 saturated carbocycles. The molecule has 0 unspecified atom stereocenters. The lowest BCUT2D eigenvalue weighted by Crippen LogP contribution is -2.40. The molecular weight excluding hydrogens is 630 g/mol. The van der Waals surface area contributed by atoms with Crippen LogP contribution in [0.5, 0.6) is 11.5 Å². The molecule has 0 spiro atoms. The summed E-state index contributed by atoms with van der Waals surface area (Å²) < 4.78 is 24.7. The maximum atomic E-state index is 13.9. The van der Waals surface area contributed by atoms with Crippen LogP contribution in [0.2, 0.25) is 0 Å². The van der Waals surface area contributed by atoms with Crippen molar-refractivity contribution in [3.63, 3.8) is 0 Å². The zero-order chi connectivity index (χ0) is 30.1. The number of ether oxygens (including phenoxy) is 3. The zero-order valence-corrected chi connectivity index (χ0v) is 25.3. The Morgan fingerprint density at radius 1 is 1.19 bits per heavy atom. The Morgan fingerprint density at radius 2 is 1.98 bits per heavy atom. The lowest BCUT2D eigenvalue weighted by Gasteiger charge is -2.26. The molecule has 2 aromatic carbocycles. The number of benzene rings is 2. The Hall–Kier alpha value is -4.49. The van der Waals surface area contributed by atoms with E-state index in [1.807, 2.05) is 0 Å². The molecule has 0 bridgehead atoms. The average molecular weight is 654 g/mol. The molecule has 0 saturated heterocycles. The molecule has 1 atom stereocenters. The highest BCUT2D eigenvalue weighted by molar-refractivity contribution is 9.10. The summed E-state index contributed by atoms with van der Waals surface area (Å²) in [6.45, 7) is 3.55. The molecule has 4 aromatic rings. The summed E-state index contributed by atoms with van der Waals surface area (Å²) in [5.74, 6) is 1.22. The van der Waals surface area contributed by atoms with E-state index in [-0.39, 0.29) is 17.9 Å². The van der Waals surface area contributed by atoms with Crippen molar-refractivity contribution in [1.29, 1.82) is 0 Å². The van der Waals surface area contributed by atoms with E-state index >= 15 is 0 Å². The van der Waals surface area contributed by atoms with Crippen molar-refractivity contribution >= 4 is 45.0 Å². The van der Waals surface area contributed by atoms with Gasteiger partial charge in [0.2, 0.25) is 0 Å². The summed E-state index contributed by atoms with van der Waals surface area (Å²) >= 11 is 4.51. The summed E-state index contributed by atoms with van der Waals surface area (Å²) in [6, 6.07) is 12.0. The third-order valence-electron chi connectivity index (χ3n) is 6.58. The lowest BCUT2D eigenvalue weighted by molar-refractivity contribution is -0.384. The number of carbonyl (C=O) groups excluding carboxylic acids is 1. The molecule has 2 aromatic heterocycles. The minimum Gasteiger partial charge on any atom is -0.497 e. The topological polar surface area (TPSA) is 135 Å². The van der Waals surface area contributed by atoms with Gasteiger partial charge >= 0.3 is 5.97 Å². The highest BCUT2D eigenvalue weighted by Gasteiger charge is 2.35. The van der Waals surface area contributed by atoms with Crippen molar-refractivity contribution in [2.45, 2.75) is 19.9 Å². The highest BCUT2D eigenvalue weighted by Crippen LogP contribution is 2.38. The quantitative estimate of drug-likeness (QED) is 0.151. The van der Waals surface area contributed by atoms with E-state index in [4.69, 9.17) is 18.6 Å². The predicted molar refractivity (Wildman–Crippen MR) is 158 cm³/mol. The number of furan rings is 1. The highest BCUT2D eigenvalue weighted by atomic mass is 79.9. The van der Waals surface area contributed by atoms with Gasteiger partial charge < -0.3 is 18.6 Å². The number of rotatable bonds is 8. The number of aromatic nitrogens is 1. The second-order valence-corrected chi connectivity index (χ2v) is 10.9. The van der Waals surface area contributed by atoms with Gasteiger partial charge in [-0.2, -0.15) is 0 Å². The number of halogens is 1. The van der Waals surface area contributed by atoms with Crippen molar-refractivity contribution in [2.75, 3.05) is 20.8 Å². The Balaban J connectivity index is 1.65. The van der Waals surface area contributed by atoms with E-state index in [0.717, 1.165) is 11.3 Å². The lowest BCUT2D eigenvalue weighted by atomic mass is 9.95. The van der Waals surface area contributed by atoms with Gasteiger partial charge in [-0.05, 0) is 66.2 Å². The van der Waals surface area contributed by atoms with Crippen LogP contribution in [0.15, 0.2) is 78.5 Å². The number of fused-ring (bicyclic) bond motifs is 1. The van der Waals surface area contributed by atoms with Crippen LogP contribution in [0.3, 0.4) is 0 Å². The summed E-state index contributed by atoms with van der Waals surface area (Å²) in [6.07, 6.45) is 1.59. The third-order valence-corrected chi connectivity index (χ3v) is 8.22. The molecule has 0 fully saturated rings. The molecule has 0 radical (unpaired) electrons. The first-order chi connectivity index (χ1) is 20.2. The van der Waals surface area contributed by atoms with Crippen molar-refractivity contribution in [1.82, 2.24) is 4.57 Å². The van der Waals surface area contributed by atoms with Gasteiger partial charge in [0.15, 0.2) is 4.80 Å². The zero-order valence-electron chi connectivity index (χ0n) is 22.9. The Bertz CT molecular complexity index is 1940. The van der Waals surface area contributed by atoms with Crippen molar-refractivity contribution < 1.29 is 28.3 Å². The van der Waals surface area contributed by atoms with Gasteiger partial charge in [-0.1, -0.05) is 11.3 Å². The fourth-order valence-corrected chi connectivity index (χ4v) is 6.25. The Morgan fingerprint density at radius 3 is 2.64 bits per heavy atom. The third kappa shape index (κ3) is 5.28. The van der Waals surface area contributed by atoms with E-state index < -0.39 is 22.5 Å². The minimum atomic E-state index is -0.893. The van der Waals surface area contributed by atoms with E-state index in [1.165, 1.54) is 30.9 Å². The van der Waals surface area contributed by atoms with Crippen LogP contribution in [-0.2, 0) is 9.53 Å². The summed E-state index contributed by atoms with van der Waals surface area (Å²) in [7, 11) is 3.03. The summed E-state index contributed by atoms with van der Waals surface area (Å²) in [5, 5.41) is 11.1. The van der Waals surface area contributed by atoms with Crippen molar-refractivity contribution in [3.05, 3.63) is 105 Å². The minimum absolute atomic E-state index is 0.0572. The molecule has 3 heterocycles. The number of thiazole rings is 1. The maximum absolute atomic E-state index is 13.9. The monoisotopic (exact) mass is 653 g/mol. The smallest absolute Gasteiger partial charge is 0.338 e. The van der Waals surface area contributed by atoms with E-state index in [0.29, 0.717) is 53.6 Å². The fourth-order valence-electron chi connectivity index (χ4n) is 4.66. The first-order valence-corrected chi connectivity index (χ1v) is 14.2. The normalized spacial score (nSPS) is 14.8. The van der Waals surface area contributed by atoms with Crippen LogP contribution >= 0.6 is 27.3 Å². The van der Waals surface area contributed by atoms with Gasteiger partial charge in [0.05, 0.1) is 41.6 Å². The Labute approximate surface area is 251 Å². The van der Waals surface area contributed by atoms with Crippen LogP contribution in [0, 0.1) is 10.1 Å². The number of esters is 1. The Kier molecular flexibility index (Phi) is 8.14. The molecule has 1 aliphatic rings. The first kappa shape index (κ1) is 29.0. The summed E-state index contributed by atoms with van der Waals surface area (Å²) in [4.78, 5) is 42.7. The first-order valence-electron chi connectivity index (χ1n) is 12.6. The molecule has 5 rings (SSSR count). The molecular formula is C29H24BrN3O8S. The number of carbonyl (C=O) groups is 1. The van der Waals surface area contributed by atoms with Crippen LogP contribution < -0.4 is 24.4 Å². The van der Waals surface area contributed by atoms with Crippen LogP contribution in [-0.4, -0.2) is 36.3 Å². The van der Waals surface area contributed by atoms with Gasteiger partial charge in [-0.25, -0.2) is 9.79 Å². The molecule has 0 N–H and O–H groups in total. The van der Waals surface area contributed by atoms with Gasteiger partial charge in [-0.3, -0.25) is 19.5 Å². The number of nitro groups is 1. The molecule has 0 amide bonds. The van der Waals surface area contributed by atoms with Gasteiger partial charge in [0, 0.05) is 33.8 Å². The summed E-state index contributed by atoms with van der Waals surface area (Å²) in [5.41, 5.74) is 1.33. The number of nitro benzene ring substituents is 1. The van der Waals surface area contributed by atoms with Crippen molar-refractivity contribution in [3.8, 4) is 22.8 Å². The van der Waals surface area contributed by atoms with E-state index in [1.54, 1.807) is 56.3 Å². The largest absolute Gasteiger partial charge is 0.497 e. The predicted octanol–water partition coefficient (Wildman–Crippen LogP) is 4.75. The maximum Gasteiger partial charge on any atom is 0.338 e. The van der Waals surface area contributed by atoms with Gasteiger partial charge in [0.25, 0.3) is 11.2 Å². The van der Waals surface area contributed by atoms with E-state index in [2.05, 4.69) is 20.9 Å². The number of nitrogens with zero attached hydrogens (tertiary/aromatic N) is 3. The number of methoxy groups -OCH3 is 2. The van der Waals surface area contributed by atoms with Crippen LogP contribution in [0.4, 0.5) is 5.69 Å². The van der Waals surface area contributed by atoms with Crippen molar-refractivity contribution in [2.24, 2.45) is 4.99 Å². The van der Waals surface area contributed by atoms with Gasteiger partial charge in [-0.15, -0.1) is 0 Å². The second-order valence-electron chi connectivity index (χ2n) is 9.03.